The molecule has 0 bridgehead atoms. The normalized spacial score (nSPS) is 11.5. The number of carbonyl (C=O) groups excluding carboxylic acids is 1. The zero-order valence-corrected chi connectivity index (χ0v) is 8.36. The van der Waals surface area contributed by atoms with Crippen molar-refractivity contribution >= 4 is 6.29 Å². The van der Waals surface area contributed by atoms with Crippen LogP contribution < -0.4 is 0 Å². The third-order valence-corrected chi connectivity index (χ3v) is 2.08. The molecule has 2 aromatic rings. The molecule has 6 heteroatoms. The topological polar surface area (TPSA) is 43.1 Å². The van der Waals surface area contributed by atoms with E-state index in [0.717, 1.165) is 18.3 Å². The molecule has 88 valence electrons. The van der Waals surface area contributed by atoms with Crippen LogP contribution in [0.4, 0.5) is 13.2 Å². The molecule has 1 heterocycles. The first-order chi connectivity index (χ1) is 8.00. The fourth-order valence-electron chi connectivity index (χ4n) is 1.30. The lowest BCUT2D eigenvalue weighted by atomic mass is 10.1. The number of alkyl halides is 3. The molecule has 0 unspecified atom stereocenters. The van der Waals surface area contributed by atoms with E-state index in [9.17, 15) is 18.0 Å². The second kappa shape index (κ2) is 4.04. The highest BCUT2D eigenvalue weighted by Crippen LogP contribution is 2.31. The van der Waals surface area contributed by atoms with Gasteiger partial charge in [0.15, 0.2) is 12.0 Å². The first kappa shape index (κ1) is 11.4. The Balaban J connectivity index is 2.42. The van der Waals surface area contributed by atoms with Crippen molar-refractivity contribution in [1.82, 2.24) is 4.98 Å². The predicted molar refractivity (Wildman–Crippen MR) is 52.3 cm³/mol. The van der Waals surface area contributed by atoms with Crippen LogP contribution in [0.25, 0.3) is 11.5 Å². The summed E-state index contributed by atoms with van der Waals surface area (Å²) in [4.78, 5) is 14.1. The molecule has 1 aromatic carbocycles. The van der Waals surface area contributed by atoms with Gasteiger partial charge >= 0.3 is 6.18 Å². The Kier molecular flexibility index (Phi) is 2.71. The summed E-state index contributed by atoms with van der Waals surface area (Å²) < 4.78 is 42.3. The lowest BCUT2D eigenvalue weighted by Crippen LogP contribution is -2.04. The summed E-state index contributed by atoms with van der Waals surface area (Å²) in [6, 6.07) is 4.55. The highest BCUT2D eigenvalue weighted by atomic mass is 19.4. The van der Waals surface area contributed by atoms with Crippen molar-refractivity contribution in [3.05, 3.63) is 41.8 Å². The number of halogens is 3. The molecule has 0 aliphatic rings. The maximum Gasteiger partial charge on any atom is 0.416 e. The van der Waals surface area contributed by atoms with Crippen molar-refractivity contribution in [3.8, 4) is 11.5 Å². The van der Waals surface area contributed by atoms with Gasteiger partial charge in [-0.05, 0) is 18.2 Å². The third-order valence-electron chi connectivity index (χ3n) is 2.08. The van der Waals surface area contributed by atoms with Gasteiger partial charge in [0, 0.05) is 5.56 Å². The van der Waals surface area contributed by atoms with E-state index in [1.165, 1.54) is 12.1 Å². The Hall–Kier alpha value is -2.11. The van der Waals surface area contributed by atoms with Gasteiger partial charge in [-0.2, -0.15) is 13.2 Å². The van der Waals surface area contributed by atoms with Crippen LogP contribution in [0.1, 0.15) is 16.1 Å². The maximum absolute atomic E-state index is 12.4. The van der Waals surface area contributed by atoms with E-state index < -0.39 is 11.7 Å². The Bertz CT molecular complexity index is 546. The summed E-state index contributed by atoms with van der Waals surface area (Å²) in [5.74, 6) is -0.0457. The maximum atomic E-state index is 12.4. The molecule has 0 saturated heterocycles. The van der Waals surface area contributed by atoms with E-state index >= 15 is 0 Å². The van der Waals surface area contributed by atoms with Gasteiger partial charge in [-0.3, -0.25) is 4.79 Å². The van der Waals surface area contributed by atoms with E-state index in [4.69, 9.17) is 4.42 Å². The molecule has 0 atom stereocenters. The van der Waals surface area contributed by atoms with Crippen LogP contribution in [0.3, 0.4) is 0 Å². The number of hydrogen-bond donors (Lipinski definition) is 0. The third kappa shape index (κ3) is 2.35. The summed E-state index contributed by atoms with van der Waals surface area (Å²) in [6.45, 7) is 0. The smallest absolute Gasteiger partial charge is 0.416 e. The number of aromatic nitrogens is 1. The summed E-state index contributed by atoms with van der Waals surface area (Å²) in [7, 11) is 0. The number of carbonyl (C=O) groups is 1. The number of hydrogen-bond acceptors (Lipinski definition) is 3. The molecule has 3 nitrogen and oxygen atoms in total. The van der Waals surface area contributed by atoms with Crippen molar-refractivity contribution in [2.24, 2.45) is 0 Å². The van der Waals surface area contributed by atoms with Crippen molar-refractivity contribution in [3.63, 3.8) is 0 Å². The fraction of sp³-hybridized carbons (Fsp3) is 0.0909. The average molecular weight is 241 g/mol. The number of rotatable bonds is 2. The second-order valence-electron chi connectivity index (χ2n) is 3.26. The average Bonchev–Trinajstić information content (AvgIpc) is 2.76. The Morgan fingerprint density at radius 1 is 1.29 bits per heavy atom. The van der Waals surface area contributed by atoms with Gasteiger partial charge in [0.25, 0.3) is 0 Å². The monoisotopic (exact) mass is 241 g/mol. The van der Waals surface area contributed by atoms with E-state index in [2.05, 4.69) is 4.98 Å². The largest absolute Gasteiger partial charge is 0.433 e. The Morgan fingerprint density at radius 2 is 2.06 bits per heavy atom. The quantitative estimate of drug-likeness (QED) is 0.758. The van der Waals surface area contributed by atoms with Gasteiger partial charge in [-0.1, -0.05) is 6.07 Å². The van der Waals surface area contributed by atoms with Crippen LogP contribution in [0, 0.1) is 0 Å². The zero-order chi connectivity index (χ0) is 12.5. The Labute approximate surface area is 93.9 Å². The molecule has 0 amide bonds. The van der Waals surface area contributed by atoms with Crippen LogP contribution in [-0.4, -0.2) is 11.3 Å². The second-order valence-corrected chi connectivity index (χ2v) is 3.26. The van der Waals surface area contributed by atoms with Crippen molar-refractivity contribution in [2.45, 2.75) is 6.18 Å². The molecule has 0 saturated carbocycles. The van der Waals surface area contributed by atoms with Crippen LogP contribution in [-0.2, 0) is 6.18 Å². The molecule has 17 heavy (non-hydrogen) atoms. The van der Waals surface area contributed by atoms with Crippen LogP contribution in [0.5, 0.6) is 0 Å². The molecule has 0 radical (unpaired) electrons. The molecule has 1 aromatic heterocycles. The first-order valence-corrected chi connectivity index (χ1v) is 4.59. The summed E-state index contributed by atoms with van der Waals surface area (Å²) >= 11 is 0. The van der Waals surface area contributed by atoms with E-state index in [-0.39, 0.29) is 17.2 Å². The lowest BCUT2D eigenvalue weighted by Gasteiger charge is -2.06. The lowest BCUT2D eigenvalue weighted by molar-refractivity contribution is -0.137. The summed E-state index contributed by atoms with van der Waals surface area (Å²) in [5.41, 5.74) is -0.617. The molecule has 0 N–H and O–H groups in total. The van der Waals surface area contributed by atoms with Gasteiger partial charge in [0.2, 0.25) is 5.89 Å². The van der Waals surface area contributed by atoms with Crippen molar-refractivity contribution < 1.29 is 22.4 Å². The first-order valence-electron chi connectivity index (χ1n) is 4.59. The number of benzene rings is 1. The Morgan fingerprint density at radius 3 is 2.65 bits per heavy atom. The molecule has 0 aliphatic heterocycles. The molecule has 0 aliphatic carbocycles. The highest BCUT2D eigenvalue weighted by molar-refractivity contribution is 5.71. The van der Waals surface area contributed by atoms with Crippen LogP contribution in [0.15, 0.2) is 34.9 Å². The summed E-state index contributed by atoms with van der Waals surface area (Å²) in [5, 5.41) is 0. The standard InChI is InChI=1S/C11H6F3NO2/c12-11(13,14)8-3-1-2-7(4-8)10-15-5-9(6-16)17-10/h1-6H. The zero-order valence-electron chi connectivity index (χ0n) is 8.36. The van der Waals surface area contributed by atoms with E-state index in [0.29, 0.717) is 6.29 Å². The van der Waals surface area contributed by atoms with E-state index in [1.807, 2.05) is 0 Å². The van der Waals surface area contributed by atoms with Crippen LogP contribution in [0.2, 0.25) is 0 Å². The summed E-state index contributed by atoms with van der Waals surface area (Å²) in [6.07, 6.45) is -2.83. The fourth-order valence-corrected chi connectivity index (χ4v) is 1.30. The van der Waals surface area contributed by atoms with Crippen molar-refractivity contribution in [2.75, 3.05) is 0 Å². The number of aldehydes is 1. The number of oxazole rings is 1. The van der Waals surface area contributed by atoms with Gasteiger partial charge in [-0.15, -0.1) is 0 Å². The van der Waals surface area contributed by atoms with Crippen molar-refractivity contribution in [1.29, 1.82) is 0 Å². The minimum absolute atomic E-state index is 0.0156. The highest BCUT2D eigenvalue weighted by Gasteiger charge is 2.30. The predicted octanol–water partition coefficient (Wildman–Crippen LogP) is 3.17. The SMILES string of the molecule is O=Cc1cnc(-c2cccc(C(F)(F)F)c2)o1. The van der Waals surface area contributed by atoms with Gasteiger partial charge in [0.1, 0.15) is 0 Å². The van der Waals surface area contributed by atoms with Gasteiger partial charge in [-0.25, -0.2) is 4.98 Å². The molecule has 0 fully saturated rings. The minimum Gasteiger partial charge on any atom is -0.433 e. The van der Waals surface area contributed by atoms with Gasteiger partial charge in [0.05, 0.1) is 11.8 Å². The molecular formula is C11H6F3NO2. The van der Waals surface area contributed by atoms with Crippen LogP contribution >= 0.6 is 0 Å². The minimum atomic E-state index is -4.42. The molecule has 0 spiro atoms. The van der Waals surface area contributed by atoms with Gasteiger partial charge < -0.3 is 4.42 Å². The van der Waals surface area contributed by atoms with E-state index in [1.54, 1.807) is 0 Å². The molecular weight excluding hydrogens is 235 g/mol. The molecule has 2 rings (SSSR count). The number of nitrogens with zero attached hydrogens (tertiary/aromatic N) is 1.